The van der Waals surface area contributed by atoms with Gasteiger partial charge in [0.1, 0.15) is 4.92 Å². The molecule has 0 saturated carbocycles. The van der Waals surface area contributed by atoms with Gasteiger partial charge in [0.2, 0.25) is 11.8 Å². The molecule has 0 bridgehead atoms. The van der Waals surface area contributed by atoms with Crippen LogP contribution in [0.25, 0.3) is 11.6 Å². The van der Waals surface area contributed by atoms with E-state index in [1.54, 1.807) is 0 Å². The number of hydrogen-bond acceptors (Lipinski definition) is 7. The molecule has 0 aliphatic heterocycles. The number of rotatable bonds is 3. The molecule has 0 atom stereocenters. The van der Waals surface area contributed by atoms with Crippen LogP contribution in [0.3, 0.4) is 0 Å². The summed E-state index contributed by atoms with van der Waals surface area (Å²) in [6, 6.07) is 2.54. The first-order chi connectivity index (χ1) is 9.81. The van der Waals surface area contributed by atoms with Crippen molar-refractivity contribution in [2.45, 2.75) is 13.8 Å². The molecule has 21 heavy (non-hydrogen) atoms. The number of anilines is 1. The zero-order chi connectivity index (χ0) is 15.7. The predicted octanol–water partition coefficient (Wildman–Crippen LogP) is 0.883. The minimum Gasteiger partial charge on any atom is -0.397 e. The van der Waals surface area contributed by atoms with Crippen LogP contribution in [0.4, 0.5) is 11.8 Å². The number of aromatic nitrogens is 3. The lowest BCUT2D eigenvalue weighted by Gasteiger charge is -2.11. The molecule has 2 heterocycles. The van der Waals surface area contributed by atoms with E-state index in [2.05, 4.69) is 10.1 Å². The molecule has 2 aromatic heterocycles. The Labute approximate surface area is 118 Å². The average molecular weight is 293 g/mol. The number of carbonyl (C=O) groups is 2. The van der Waals surface area contributed by atoms with Gasteiger partial charge in [0.05, 0.1) is 6.07 Å². The van der Waals surface area contributed by atoms with Crippen LogP contribution in [0, 0.1) is 10.1 Å². The number of nitrogens with zero attached hydrogens (tertiary/aromatic N) is 5. The van der Waals surface area contributed by atoms with Gasteiger partial charge in [-0.2, -0.15) is 4.98 Å². The lowest BCUT2D eigenvalue weighted by Crippen LogP contribution is -2.34. The van der Waals surface area contributed by atoms with Gasteiger partial charge in [0.25, 0.3) is 5.95 Å². The quantitative estimate of drug-likeness (QED) is 0.607. The first kappa shape index (κ1) is 14.4. The maximum atomic E-state index is 11.4. The largest absolute Gasteiger partial charge is 0.433 e. The molecule has 0 fully saturated rings. The van der Waals surface area contributed by atoms with Crippen molar-refractivity contribution in [3.63, 3.8) is 0 Å². The number of aryl methyl sites for hydroxylation is 1. The lowest BCUT2D eigenvalue weighted by molar-refractivity contribution is -0.401. The Morgan fingerprint density at radius 3 is 2.43 bits per heavy atom. The molecule has 10 nitrogen and oxygen atoms in total. The van der Waals surface area contributed by atoms with Crippen molar-refractivity contribution in [1.29, 1.82) is 0 Å². The monoisotopic (exact) mass is 293 g/mol. The highest BCUT2D eigenvalue weighted by Gasteiger charge is 2.24. The van der Waals surface area contributed by atoms with Crippen molar-refractivity contribution in [3.05, 3.63) is 22.2 Å². The lowest BCUT2D eigenvalue weighted by atomic mass is 10.4. The van der Waals surface area contributed by atoms with Gasteiger partial charge < -0.3 is 4.42 Å². The number of hydrogen-bond donors (Lipinski definition) is 0. The molecule has 0 saturated heterocycles. The summed E-state index contributed by atoms with van der Waals surface area (Å²) in [6.45, 7) is 2.41. The summed E-state index contributed by atoms with van der Waals surface area (Å²) in [4.78, 5) is 37.6. The van der Waals surface area contributed by atoms with Gasteiger partial charge in [-0.25, -0.2) is 9.58 Å². The second kappa shape index (κ2) is 5.15. The van der Waals surface area contributed by atoms with Crippen LogP contribution in [0.5, 0.6) is 0 Å². The molecular weight excluding hydrogens is 282 g/mol. The van der Waals surface area contributed by atoms with E-state index >= 15 is 0 Å². The maximum absolute atomic E-state index is 11.4. The number of nitro groups is 1. The number of carbonyl (C=O) groups excluding carboxylic acids is 2. The van der Waals surface area contributed by atoms with Gasteiger partial charge in [-0.3, -0.25) is 19.7 Å². The fourth-order valence-corrected chi connectivity index (χ4v) is 1.73. The highest BCUT2D eigenvalue weighted by atomic mass is 16.6. The van der Waals surface area contributed by atoms with Crippen LogP contribution in [0.2, 0.25) is 0 Å². The number of amides is 2. The second-order valence-corrected chi connectivity index (χ2v) is 4.13. The van der Waals surface area contributed by atoms with Gasteiger partial charge >= 0.3 is 5.88 Å². The topological polar surface area (TPSA) is 124 Å². The normalized spacial score (nSPS) is 10.4. The third kappa shape index (κ3) is 2.63. The minimum atomic E-state index is -0.682. The third-order valence-corrected chi connectivity index (χ3v) is 2.57. The van der Waals surface area contributed by atoms with Crippen molar-refractivity contribution in [3.8, 4) is 11.6 Å². The number of furan rings is 1. The molecule has 0 N–H and O–H groups in total. The Kier molecular flexibility index (Phi) is 3.52. The van der Waals surface area contributed by atoms with Gasteiger partial charge in [0, 0.05) is 20.9 Å². The third-order valence-electron chi connectivity index (χ3n) is 2.57. The molecule has 2 amide bonds. The van der Waals surface area contributed by atoms with E-state index in [1.165, 1.54) is 37.7 Å². The molecule has 0 unspecified atom stereocenters. The number of imide groups is 1. The van der Waals surface area contributed by atoms with Crippen molar-refractivity contribution in [2.24, 2.45) is 7.05 Å². The van der Waals surface area contributed by atoms with Crippen molar-refractivity contribution >= 4 is 23.6 Å². The van der Waals surface area contributed by atoms with Crippen molar-refractivity contribution in [1.82, 2.24) is 14.8 Å². The van der Waals surface area contributed by atoms with Crippen LogP contribution < -0.4 is 4.90 Å². The van der Waals surface area contributed by atoms with Gasteiger partial charge in [-0.1, -0.05) is 0 Å². The summed E-state index contributed by atoms with van der Waals surface area (Å²) in [6.07, 6.45) is 0. The van der Waals surface area contributed by atoms with Crippen LogP contribution in [0.15, 0.2) is 16.5 Å². The molecule has 2 aromatic rings. The van der Waals surface area contributed by atoms with E-state index in [9.17, 15) is 19.7 Å². The van der Waals surface area contributed by atoms with Crippen LogP contribution in [0.1, 0.15) is 13.8 Å². The summed E-state index contributed by atoms with van der Waals surface area (Å²) in [5, 5.41) is 14.5. The van der Waals surface area contributed by atoms with Crippen LogP contribution in [-0.2, 0) is 16.6 Å². The zero-order valence-corrected chi connectivity index (χ0v) is 11.4. The summed E-state index contributed by atoms with van der Waals surface area (Å²) in [7, 11) is 1.51. The first-order valence-corrected chi connectivity index (χ1v) is 5.78. The van der Waals surface area contributed by atoms with Crippen molar-refractivity contribution < 1.29 is 18.9 Å². The summed E-state index contributed by atoms with van der Waals surface area (Å²) in [5.41, 5.74) is 0. The first-order valence-electron chi connectivity index (χ1n) is 5.78. The fraction of sp³-hybridized carbons (Fsp3) is 0.273. The smallest absolute Gasteiger partial charge is 0.397 e. The fourth-order valence-electron chi connectivity index (χ4n) is 1.73. The Hall–Kier alpha value is -3.04. The van der Waals surface area contributed by atoms with Crippen LogP contribution >= 0.6 is 0 Å². The van der Waals surface area contributed by atoms with Crippen LogP contribution in [-0.4, -0.2) is 31.5 Å². The predicted molar refractivity (Wildman–Crippen MR) is 69.2 cm³/mol. The van der Waals surface area contributed by atoms with E-state index in [0.717, 1.165) is 4.90 Å². The van der Waals surface area contributed by atoms with Gasteiger partial charge in [-0.05, 0) is 6.07 Å². The SMILES string of the molecule is CC(=O)N(C(C)=O)c1nc(-c2ccc([N+](=O)[O-])o2)n(C)n1. The zero-order valence-electron chi connectivity index (χ0n) is 11.4. The Balaban J connectivity index is 2.45. The van der Waals surface area contributed by atoms with E-state index in [4.69, 9.17) is 4.42 Å². The van der Waals surface area contributed by atoms with E-state index < -0.39 is 22.6 Å². The molecule has 110 valence electrons. The second-order valence-electron chi connectivity index (χ2n) is 4.13. The van der Waals surface area contributed by atoms with Gasteiger partial charge in [-0.15, -0.1) is 5.10 Å². The Morgan fingerprint density at radius 2 is 1.95 bits per heavy atom. The molecule has 0 aliphatic rings. The maximum Gasteiger partial charge on any atom is 0.433 e. The van der Waals surface area contributed by atoms with E-state index in [-0.39, 0.29) is 17.5 Å². The molecule has 10 heteroatoms. The molecule has 0 radical (unpaired) electrons. The summed E-state index contributed by atoms with van der Waals surface area (Å²) >= 11 is 0. The Bertz CT molecular complexity index is 717. The standard InChI is InChI=1S/C11H11N5O5/c1-6(17)15(7(2)18)11-12-10(14(3)13-11)8-4-5-9(21-8)16(19)20/h4-5H,1-3H3. The highest BCUT2D eigenvalue weighted by Crippen LogP contribution is 2.25. The van der Waals surface area contributed by atoms with Crippen molar-refractivity contribution in [2.75, 3.05) is 4.90 Å². The molecule has 2 rings (SSSR count). The molecule has 0 aliphatic carbocycles. The molecular formula is C11H11N5O5. The molecule has 0 aromatic carbocycles. The summed E-state index contributed by atoms with van der Waals surface area (Å²) < 4.78 is 6.28. The highest BCUT2D eigenvalue weighted by molar-refractivity contribution is 6.11. The van der Waals surface area contributed by atoms with E-state index in [1.807, 2.05) is 0 Å². The Morgan fingerprint density at radius 1 is 1.33 bits per heavy atom. The average Bonchev–Trinajstić information content (AvgIpc) is 2.94. The minimum absolute atomic E-state index is 0.106. The van der Waals surface area contributed by atoms with Gasteiger partial charge in [0.15, 0.2) is 11.6 Å². The van der Waals surface area contributed by atoms with E-state index in [0.29, 0.717) is 0 Å². The molecule has 0 spiro atoms. The summed E-state index contributed by atoms with van der Waals surface area (Å²) in [5.74, 6) is -1.37.